The van der Waals surface area contributed by atoms with Gasteiger partial charge in [0.05, 0.1) is 46.6 Å². The topological polar surface area (TPSA) is 92.6 Å². The van der Waals surface area contributed by atoms with Crippen molar-refractivity contribution in [1.82, 2.24) is 4.90 Å². The van der Waals surface area contributed by atoms with Crippen LogP contribution >= 0.6 is 0 Å². The predicted molar refractivity (Wildman–Crippen MR) is 133 cm³/mol. The van der Waals surface area contributed by atoms with Gasteiger partial charge in [0.15, 0.2) is 11.5 Å². The fourth-order valence-corrected chi connectivity index (χ4v) is 4.83. The number of quaternary nitrogens is 1. The van der Waals surface area contributed by atoms with Gasteiger partial charge in [-0.25, -0.2) is 0 Å². The van der Waals surface area contributed by atoms with Gasteiger partial charge < -0.3 is 29.1 Å². The van der Waals surface area contributed by atoms with Crippen LogP contribution in [0.2, 0.25) is 0 Å². The van der Waals surface area contributed by atoms with Crippen LogP contribution in [0.1, 0.15) is 42.5 Å². The van der Waals surface area contributed by atoms with Crippen molar-refractivity contribution in [2.45, 2.75) is 25.8 Å². The number of ketones is 1. The zero-order chi connectivity index (χ0) is 25.8. The van der Waals surface area contributed by atoms with E-state index < -0.39 is 23.5 Å². The van der Waals surface area contributed by atoms with Crippen molar-refractivity contribution in [2.75, 3.05) is 53.6 Å². The average molecular weight is 495 g/mol. The highest BCUT2D eigenvalue weighted by atomic mass is 16.5. The highest BCUT2D eigenvalue weighted by Gasteiger charge is 2.44. The Morgan fingerprint density at radius 1 is 1.06 bits per heavy atom. The molecule has 8 heteroatoms. The molecular formula is C28H34N2O6. The molecule has 1 N–H and O–H groups in total. The van der Waals surface area contributed by atoms with Gasteiger partial charge in [-0.15, -0.1) is 0 Å². The number of nitrogens with one attached hydrogen (secondary N) is 1. The Morgan fingerprint density at radius 2 is 1.72 bits per heavy atom. The second kappa shape index (κ2) is 11.1. The molecule has 36 heavy (non-hydrogen) atoms. The van der Waals surface area contributed by atoms with E-state index in [1.165, 1.54) is 19.1 Å². The summed E-state index contributed by atoms with van der Waals surface area (Å²) in [5.41, 5.74) is 2.14. The number of carbonyl (C=O) groups is 2. The molecule has 2 fully saturated rings. The van der Waals surface area contributed by atoms with Gasteiger partial charge in [0, 0.05) is 5.57 Å². The minimum Gasteiger partial charge on any atom is -0.872 e. The molecule has 4 rings (SSSR count). The first kappa shape index (κ1) is 25.7. The van der Waals surface area contributed by atoms with Crippen molar-refractivity contribution in [3.8, 4) is 11.5 Å². The lowest BCUT2D eigenvalue weighted by Gasteiger charge is -2.30. The van der Waals surface area contributed by atoms with Crippen molar-refractivity contribution in [3.05, 3.63) is 64.7 Å². The van der Waals surface area contributed by atoms with E-state index in [4.69, 9.17) is 14.2 Å². The van der Waals surface area contributed by atoms with Crippen LogP contribution < -0.4 is 19.5 Å². The Morgan fingerprint density at radius 3 is 2.33 bits per heavy atom. The highest BCUT2D eigenvalue weighted by Crippen LogP contribution is 2.40. The first-order valence-electron chi connectivity index (χ1n) is 12.4. The van der Waals surface area contributed by atoms with Crippen LogP contribution in [0.15, 0.2) is 48.0 Å². The van der Waals surface area contributed by atoms with Gasteiger partial charge in [0.2, 0.25) is 5.78 Å². The molecule has 2 aliphatic rings. The maximum Gasteiger partial charge on any atom is 0.295 e. The molecule has 1 atom stereocenters. The van der Waals surface area contributed by atoms with E-state index in [-0.39, 0.29) is 11.1 Å². The van der Waals surface area contributed by atoms with Gasteiger partial charge in [-0.2, -0.15) is 0 Å². The molecule has 2 saturated heterocycles. The minimum absolute atomic E-state index is 0.0264. The quantitative estimate of drug-likeness (QED) is 0.334. The number of rotatable bonds is 8. The molecule has 0 saturated carbocycles. The van der Waals surface area contributed by atoms with E-state index in [2.05, 4.69) is 13.8 Å². The molecule has 192 valence electrons. The molecule has 0 radical (unpaired) electrons. The summed E-state index contributed by atoms with van der Waals surface area (Å²) in [6.45, 7) is 8.32. The SMILES string of the molecule is COc1ccc(/C([O-])=C2\C(=O)C(=O)N(CC[NH+]3CCOCC3)C2c2ccc(C(C)C)cc2)cc1OC. The van der Waals surface area contributed by atoms with E-state index in [1.807, 2.05) is 24.3 Å². The van der Waals surface area contributed by atoms with Gasteiger partial charge >= 0.3 is 0 Å². The first-order chi connectivity index (χ1) is 17.3. The summed E-state index contributed by atoms with van der Waals surface area (Å²) in [4.78, 5) is 29.4. The number of morpholine rings is 1. The Labute approximate surface area is 212 Å². The maximum atomic E-state index is 13.7. The second-order valence-electron chi connectivity index (χ2n) is 9.48. The molecule has 8 nitrogen and oxygen atoms in total. The predicted octanol–water partition coefficient (Wildman–Crippen LogP) is 0.966. The summed E-state index contributed by atoms with van der Waals surface area (Å²) in [5, 5.41) is 13.7. The monoisotopic (exact) mass is 494 g/mol. The molecule has 1 amide bonds. The van der Waals surface area contributed by atoms with Crippen molar-refractivity contribution in [1.29, 1.82) is 0 Å². The van der Waals surface area contributed by atoms with Crippen molar-refractivity contribution in [3.63, 3.8) is 0 Å². The number of Topliss-reactive ketones (excluding diaryl/α,β-unsaturated/α-hetero) is 1. The third-order valence-electron chi connectivity index (χ3n) is 7.00. The molecule has 1 unspecified atom stereocenters. The molecule has 0 aromatic heterocycles. The van der Waals surface area contributed by atoms with Crippen LogP contribution in [0.4, 0.5) is 0 Å². The van der Waals surface area contributed by atoms with Gasteiger partial charge in [-0.1, -0.05) is 49.9 Å². The highest BCUT2D eigenvalue weighted by molar-refractivity contribution is 6.46. The van der Waals surface area contributed by atoms with Crippen LogP contribution in [0.3, 0.4) is 0 Å². The number of ether oxygens (including phenoxy) is 3. The van der Waals surface area contributed by atoms with E-state index in [0.29, 0.717) is 43.7 Å². The standard InChI is InChI=1S/C28H34N2O6/c1-18(2)19-5-7-20(8-6-19)25-24(26(31)21-9-10-22(34-3)23(17-21)35-4)27(32)28(33)30(25)12-11-29-13-15-36-16-14-29/h5-10,17-18,25,31H,11-16H2,1-4H3/b26-24+. The van der Waals surface area contributed by atoms with Crippen LogP contribution in [-0.2, 0) is 14.3 Å². The minimum atomic E-state index is -0.746. The Hall–Kier alpha value is -3.36. The van der Waals surface area contributed by atoms with Crippen molar-refractivity contribution in [2.24, 2.45) is 0 Å². The van der Waals surface area contributed by atoms with E-state index >= 15 is 0 Å². The molecule has 2 aromatic rings. The van der Waals surface area contributed by atoms with Gasteiger partial charge in [0.25, 0.3) is 5.91 Å². The number of hydrogen-bond donors (Lipinski definition) is 1. The lowest BCUT2D eigenvalue weighted by molar-refractivity contribution is -0.907. The second-order valence-corrected chi connectivity index (χ2v) is 9.48. The summed E-state index contributed by atoms with van der Waals surface area (Å²) in [7, 11) is 3.00. The zero-order valence-corrected chi connectivity index (χ0v) is 21.3. The normalized spacial score (nSPS) is 20.2. The Bertz CT molecular complexity index is 1140. The van der Waals surface area contributed by atoms with Crippen LogP contribution in [-0.4, -0.2) is 70.2 Å². The van der Waals surface area contributed by atoms with Gasteiger partial charge in [0.1, 0.15) is 13.1 Å². The molecule has 0 aliphatic carbocycles. The fourth-order valence-electron chi connectivity index (χ4n) is 4.83. The maximum absolute atomic E-state index is 13.7. The van der Waals surface area contributed by atoms with Gasteiger partial charge in [-0.3, -0.25) is 9.59 Å². The smallest absolute Gasteiger partial charge is 0.295 e. The van der Waals surface area contributed by atoms with E-state index in [9.17, 15) is 14.7 Å². The number of amides is 1. The van der Waals surface area contributed by atoms with E-state index in [1.54, 1.807) is 23.1 Å². The molecule has 2 heterocycles. The summed E-state index contributed by atoms with van der Waals surface area (Å²) in [5.74, 6) is -0.665. The number of methoxy groups -OCH3 is 2. The Kier molecular flexibility index (Phi) is 7.96. The molecule has 0 spiro atoms. The Balaban J connectivity index is 1.76. The number of nitrogens with zero attached hydrogens (tertiary/aromatic N) is 1. The summed E-state index contributed by atoms with van der Waals surface area (Å²) in [6.07, 6.45) is 0. The summed E-state index contributed by atoms with van der Waals surface area (Å²) < 4.78 is 16.1. The molecule has 2 aromatic carbocycles. The zero-order valence-electron chi connectivity index (χ0n) is 21.3. The van der Waals surface area contributed by atoms with Crippen LogP contribution in [0.5, 0.6) is 11.5 Å². The van der Waals surface area contributed by atoms with Crippen LogP contribution in [0, 0.1) is 0 Å². The van der Waals surface area contributed by atoms with Crippen LogP contribution in [0.25, 0.3) is 5.76 Å². The third-order valence-corrected chi connectivity index (χ3v) is 7.00. The average Bonchev–Trinajstić information content (AvgIpc) is 3.16. The molecule has 0 bridgehead atoms. The van der Waals surface area contributed by atoms with Crippen molar-refractivity contribution < 1.29 is 33.8 Å². The first-order valence-corrected chi connectivity index (χ1v) is 12.4. The number of likely N-dealkylation sites (tertiary alicyclic amines) is 1. The summed E-state index contributed by atoms with van der Waals surface area (Å²) >= 11 is 0. The largest absolute Gasteiger partial charge is 0.872 e. The fraction of sp³-hybridized carbons (Fsp3) is 0.429. The third kappa shape index (κ3) is 5.10. The summed E-state index contributed by atoms with van der Waals surface area (Å²) in [6, 6.07) is 11.9. The lowest BCUT2D eigenvalue weighted by atomic mass is 9.93. The molecular weight excluding hydrogens is 460 g/mol. The number of hydrogen-bond acceptors (Lipinski definition) is 6. The number of carbonyl (C=O) groups excluding carboxylic acids is 2. The lowest BCUT2D eigenvalue weighted by Crippen LogP contribution is -3.14. The molecule has 2 aliphatic heterocycles. The van der Waals surface area contributed by atoms with Crippen molar-refractivity contribution >= 4 is 17.4 Å². The number of benzene rings is 2. The van der Waals surface area contributed by atoms with Gasteiger partial charge in [-0.05, 0) is 34.7 Å². The van der Waals surface area contributed by atoms with E-state index in [0.717, 1.165) is 24.2 Å².